The van der Waals surface area contributed by atoms with Gasteiger partial charge in [0.15, 0.2) is 0 Å². The number of rotatable bonds is 5. The van der Waals surface area contributed by atoms with Crippen molar-refractivity contribution in [3.05, 3.63) is 52.7 Å². The predicted molar refractivity (Wildman–Crippen MR) is 147 cm³/mol. The molecule has 190 valence electrons. The number of aliphatic hydroxyl groups is 1. The van der Waals surface area contributed by atoms with Gasteiger partial charge >= 0.3 is 0 Å². The second kappa shape index (κ2) is 9.73. The van der Waals surface area contributed by atoms with Gasteiger partial charge < -0.3 is 14.8 Å². The fraction of sp³-hybridized carbons (Fsp3) is 0.533. The zero-order valence-corrected chi connectivity index (χ0v) is 21.7. The predicted octanol–water partition coefficient (Wildman–Crippen LogP) is 5.21. The second-order valence-corrected chi connectivity index (χ2v) is 11.2. The number of ether oxygens (including phenoxy) is 1. The molecule has 0 amide bonds. The molecule has 3 aliphatic heterocycles. The first kappa shape index (κ1) is 23.8. The van der Waals surface area contributed by atoms with E-state index in [4.69, 9.17) is 4.74 Å². The zero-order chi connectivity index (χ0) is 24.8. The molecule has 4 heterocycles. The number of fused-ring (bicyclic) bond motifs is 2. The Morgan fingerprint density at radius 2 is 1.92 bits per heavy atom. The minimum atomic E-state index is -0.592. The van der Waals surface area contributed by atoms with Crippen LogP contribution in [0.5, 0.6) is 0 Å². The Labute approximate surface area is 213 Å². The summed E-state index contributed by atoms with van der Waals surface area (Å²) >= 11 is 0. The van der Waals surface area contributed by atoms with E-state index < -0.39 is 6.10 Å². The topological polar surface area (TPSA) is 73.2 Å². The fourth-order valence-corrected chi connectivity index (χ4v) is 6.36. The number of nitrogens with one attached hydrogen (secondary N) is 1. The molecular formula is C30H38N4O2. The van der Waals surface area contributed by atoms with Gasteiger partial charge in [0.1, 0.15) is 6.34 Å². The number of nitrogens with zero attached hydrogens (tertiary/aromatic N) is 3. The number of H-pyrrole nitrogens is 1. The number of piperidine rings is 1. The number of aromatic amines is 1. The summed E-state index contributed by atoms with van der Waals surface area (Å²) in [5, 5.41) is 12.0. The summed E-state index contributed by atoms with van der Waals surface area (Å²) in [6, 6.07) is 7.76. The molecule has 0 bridgehead atoms. The van der Waals surface area contributed by atoms with Crippen LogP contribution in [0.3, 0.4) is 0 Å². The zero-order valence-electron chi connectivity index (χ0n) is 21.7. The summed E-state index contributed by atoms with van der Waals surface area (Å²) in [4.78, 5) is 15.4. The Kier molecular flexibility index (Phi) is 6.44. The van der Waals surface area contributed by atoms with Gasteiger partial charge in [0, 0.05) is 22.2 Å². The number of hydrogen-bond acceptors (Lipinski definition) is 5. The van der Waals surface area contributed by atoms with Crippen molar-refractivity contribution in [3.63, 3.8) is 0 Å². The molecule has 2 N–H and O–H groups in total. The van der Waals surface area contributed by atoms with Gasteiger partial charge in [-0.05, 0) is 92.4 Å². The maximum absolute atomic E-state index is 10.6. The maximum Gasteiger partial charge on any atom is 0.111 e. The molecule has 1 aromatic heterocycles. The number of aliphatic imine (C=N–C) groups is 2. The molecule has 2 unspecified atom stereocenters. The fourth-order valence-electron chi connectivity index (χ4n) is 6.36. The monoisotopic (exact) mass is 486 g/mol. The standard InChI is InChI=1S/C30H38N4O2/c1-18(2)28-25-13-21(20-9-11-34(12-10-20)23-15-36-16-23)7-8-26(25)33-29(28)22-5-4-6-27-30(32-17-31-27)24(14-22)19(3)35/h5,7-8,13-14,17-20,23,27,33,35H,4,6,9-12,15-16H2,1-3H3/b22-5+,24-14-. The molecule has 1 aliphatic carbocycles. The normalized spacial score (nSPS) is 27.6. The van der Waals surface area contributed by atoms with E-state index in [-0.39, 0.29) is 6.04 Å². The van der Waals surface area contributed by atoms with Crippen LogP contribution in [0.15, 0.2) is 45.9 Å². The van der Waals surface area contributed by atoms with Gasteiger partial charge in [0.05, 0.1) is 37.1 Å². The molecule has 2 atom stereocenters. The highest BCUT2D eigenvalue weighted by Gasteiger charge is 2.31. The van der Waals surface area contributed by atoms with Gasteiger partial charge in [0.25, 0.3) is 0 Å². The van der Waals surface area contributed by atoms with Gasteiger partial charge in [-0.1, -0.05) is 26.0 Å². The van der Waals surface area contributed by atoms with Crippen molar-refractivity contribution >= 4 is 28.5 Å². The van der Waals surface area contributed by atoms with Crippen molar-refractivity contribution in [3.8, 4) is 0 Å². The molecule has 1 aromatic carbocycles. The third-order valence-corrected chi connectivity index (χ3v) is 8.49. The van der Waals surface area contributed by atoms with Crippen molar-refractivity contribution in [2.75, 3.05) is 26.3 Å². The van der Waals surface area contributed by atoms with Crippen LogP contribution >= 0.6 is 0 Å². The van der Waals surface area contributed by atoms with Crippen molar-refractivity contribution in [2.45, 2.75) is 76.5 Å². The Morgan fingerprint density at radius 3 is 2.61 bits per heavy atom. The summed E-state index contributed by atoms with van der Waals surface area (Å²) in [5.74, 6) is 0.990. The van der Waals surface area contributed by atoms with E-state index in [1.807, 2.05) is 6.92 Å². The van der Waals surface area contributed by atoms with Crippen LogP contribution in [0, 0.1) is 0 Å². The van der Waals surface area contributed by atoms with E-state index in [1.165, 1.54) is 53.7 Å². The SMILES string of the molecule is CC(O)/C1=C/C(c2[nH]c3ccc(C4CCN(C5COC5)CC4)cc3c2C(C)C)=C\CCC2N=CN=C12. The van der Waals surface area contributed by atoms with Crippen LogP contribution in [0.1, 0.15) is 75.1 Å². The highest BCUT2D eigenvalue weighted by Crippen LogP contribution is 2.38. The summed E-state index contributed by atoms with van der Waals surface area (Å²) in [6.45, 7) is 10.5. The highest BCUT2D eigenvalue weighted by molar-refractivity contribution is 6.12. The van der Waals surface area contributed by atoms with E-state index in [1.54, 1.807) is 6.34 Å². The molecule has 0 saturated carbocycles. The minimum absolute atomic E-state index is 0.0572. The average Bonchev–Trinajstić information content (AvgIpc) is 3.42. The summed E-state index contributed by atoms with van der Waals surface area (Å²) in [5.41, 5.74) is 8.14. The largest absolute Gasteiger partial charge is 0.389 e. The van der Waals surface area contributed by atoms with Crippen LogP contribution in [-0.2, 0) is 4.74 Å². The van der Waals surface area contributed by atoms with E-state index >= 15 is 0 Å². The summed E-state index contributed by atoms with van der Waals surface area (Å²) in [6.07, 6.45) is 9.78. The summed E-state index contributed by atoms with van der Waals surface area (Å²) in [7, 11) is 0. The third-order valence-electron chi connectivity index (χ3n) is 8.49. The first-order valence-corrected chi connectivity index (χ1v) is 13.7. The molecule has 6 rings (SSSR count). The molecule has 2 saturated heterocycles. The van der Waals surface area contributed by atoms with Crippen LogP contribution in [0.25, 0.3) is 16.5 Å². The van der Waals surface area contributed by atoms with Gasteiger partial charge in [-0.25, -0.2) is 4.99 Å². The molecule has 4 aliphatic rings. The van der Waals surface area contributed by atoms with E-state index in [0.29, 0.717) is 17.9 Å². The molecule has 6 heteroatoms. The molecule has 2 aromatic rings. The van der Waals surface area contributed by atoms with Gasteiger partial charge in [-0.2, -0.15) is 0 Å². The number of aliphatic hydroxyl groups excluding tert-OH is 1. The molecular weight excluding hydrogens is 448 g/mol. The third kappa shape index (κ3) is 4.29. The molecule has 0 radical (unpaired) electrons. The van der Waals surface area contributed by atoms with Crippen molar-refractivity contribution in [1.29, 1.82) is 0 Å². The van der Waals surface area contributed by atoms with Crippen LogP contribution < -0.4 is 0 Å². The maximum atomic E-state index is 10.6. The Hall–Kier alpha value is -2.54. The van der Waals surface area contributed by atoms with Crippen LogP contribution in [-0.4, -0.2) is 71.5 Å². The lowest BCUT2D eigenvalue weighted by Crippen LogP contribution is -2.51. The average molecular weight is 487 g/mol. The number of likely N-dealkylation sites (tertiary alicyclic amines) is 1. The van der Waals surface area contributed by atoms with E-state index in [0.717, 1.165) is 42.9 Å². The highest BCUT2D eigenvalue weighted by atomic mass is 16.5. The Bertz CT molecular complexity index is 1250. The van der Waals surface area contributed by atoms with E-state index in [9.17, 15) is 5.11 Å². The van der Waals surface area contributed by atoms with Gasteiger partial charge in [0.2, 0.25) is 0 Å². The molecule has 36 heavy (non-hydrogen) atoms. The van der Waals surface area contributed by atoms with Crippen molar-refractivity contribution < 1.29 is 9.84 Å². The number of aromatic nitrogens is 1. The van der Waals surface area contributed by atoms with Crippen molar-refractivity contribution in [2.24, 2.45) is 9.98 Å². The van der Waals surface area contributed by atoms with Crippen LogP contribution in [0.2, 0.25) is 0 Å². The Morgan fingerprint density at radius 1 is 1.11 bits per heavy atom. The molecule has 6 nitrogen and oxygen atoms in total. The van der Waals surface area contributed by atoms with Crippen molar-refractivity contribution in [1.82, 2.24) is 9.88 Å². The Balaban J connectivity index is 1.35. The molecule has 0 spiro atoms. The van der Waals surface area contributed by atoms with Crippen LogP contribution in [0.4, 0.5) is 0 Å². The second-order valence-electron chi connectivity index (χ2n) is 11.2. The molecule has 2 fully saturated rings. The lowest BCUT2D eigenvalue weighted by atomic mass is 9.86. The minimum Gasteiger partial charge on any atom is -0.389 e. The summed E-state index contributed by atoms with van der Waals surface area (Å²) < 4.78 is 5.41. The van der Waals surface area contributed by atoms with E-state index in [2.05, 4.69) is 64.1 Å². The van der Waals surface area contributed by atoms with Gasteiger partial charge in [-0.3, -0.25) is 9.89 Å². The first-order chi connectivity index (χ1) is 17.5. The van der Waals surface area contributed by atoms with Gasteiger partial charge in [-0.15, -0.1) is 0 Å². The lowest BCUT2D eigenvalue weighted by Gasteiger charge is -2.41. The smallest absolute Gasteiger partial charge is 0.111 e. The first-order valence-electron chi connectivity index (χ1n) is 13.7. The number of hydrogen-bond donors (Lipinski definition) is 2. The quantitative estimate of drug-likeness (QED) is 0.610. The number of allylic oxidation sites excluding steroid dienone is 3. The lowest BCUT2D eigenvalue weighted by molar-refractivity contribution is -0.0712. The number of benzene rings is 1.